The minimum Gasteiger partial charge on any atom is -0.332 e. The molecule has 2 nitrogen and oxygen atoms in total. The highest BCUT2D eigenvalue weighted by Gasteiger charge is 2.31. The van der Waals surface area contributed by atoms with Gasteiger partial charge in [0.05, 0.1) is 0 Å². The van der Waals surface area contributed by atoms with Crippen molar-refractivity contribution in [3.8, 4) is 0 Å². The van der Waals surface area contributed by atoms with E-state index < -0.39 is 0 Å². The predicted molar refractivity (Wildman–Crippen MR) is 83.3 cm³/mol. The van der Waals surface area contributed by atoms with E-state index >= 15 is 0 Å². The highest BCUT2D eigenvalue weighted by Crippen LogP contribution is 2.29. The lowest BCUT2D eigenvalue weighted by molar-refractivity contribution is -0.127. The second-order valence-electron chi connectivity index (χ2n) is 5.17. The smallest absolute Gasteiger partial charge is 0.247 e. The Kier molecular flexibility index (Phi) is 4.15. The lowest BCUT2D eigenvalue weighted by Gasteiger charge is -2.21. The van der Waals surface area contributed by atoms with Crippen molar-refractivity contribution >= 4 is 23.3 Å². The van der Waals surface area contributed by atoms with Crippen LogP contribution in [-0.2, 0) is 11.3 Å². The van der Waals surface area contributed by atoms with Crippen molar-refractivity contribution in [3.63, 3.8) is 0 Å². The van der Waals surface area contributed by atoms with Gasteiger partial charge in [0.1, 0.15) is 5.82 Å². The first-order chi connectivity index (χ1) is 10.2. The molecule has 0 atom stereocenters. The van der Waals surface area contributed by atoms with Crippen LogP contribution in [0.5, 0.6) is 0 Å². The molecular formula is C17H16FNOS. The molecule has 1 heterocycles. The van der Waals surface area contributed by atoms with Crippen molar-refractivity contribution in [1.29, 1.82) is 0 Å². The summed E-state index contributed by atoms with van der Waals surface area (Å²) in [5, 5.41) is 1.99. The first-order valence-electron chi connectivity index (χ1n) is 6.99. The van der Waals surface area contributed by atoms with E-state index in [-0.39, 0.29) is 11.7 Å². The fourth-order valence-electron chi connectivity index (χ4n) is 2.19. The van der Waals surface area contributed by atoms with Crippen LogP contribution in [0.2, 0.25) is 0 Å². The van der Waals surface area contributed by atoms with Crippen LogP contribution in [-0.4, -0.2) is 16.8 Å². The van der Waals surface area contributed by atoms with E-state index in [4.69, 9.17) is 0 Å². The number of benzene rings is 1. The normalized spacial score (nSPS) is 14.5. The van der Waals surface area contributed by atoms with Crippen molar-refractivity contribution in [2.45, 2.75) is 25.4 Å². The van der Waals surface area contributed by atoms with Crippen molar-refractivity contribution < 1.29 is 9.18 Å². The Morgan fingerprint density at radius 2 is 2.05 bits per heavy atom. The number of rotatable bonds is 5. The number of carbonyl (C=O) groups excluding carboxylic acids is 1. The standard InChI is InChI=1S/C17H16FNOS/c18-14-5-3-13(4-6-14)12-19(15-7-8-15)17(20)10-9-16-2-1-11-21-16/h1-6,9-11,15H,7-8,12H2. The maximum absolute atomic E-state index is 12.9. The number of hydrogen-bond acceptors (Lipinski definition) is 2. The van der Waals surface area contributed by atoms with Crippen LogP contribution in [0, 0.1) is 5.82 Å². The fraction of sp³-hybridized carbons (Fsp3) is 0.235. The quantitative estimate of drug-likeness (QED) is 0.762. The van der Waals surface area contributed by atoms with E-state index in [1.807, 2.05) is 28.5 Å². The van der Waals surface area contributed by atoms with Crippen molar-refractivity contribution in [3.05, 3.63) is 64.1 Å². The Hall–Kier alpha value is -1.94. The van der Waals surface area contributed by atoms with Crippen molar-refractivity contribution in [2.24, 2.45) is 0 Å². The van der Waals surface area contributed by atoms with Crippen LogP contribution in [0.4, 0.5) is 4.39 Å². The molecule has 1 saturated carbocycles. The summed E-state index contributed by atoms with van der Waals surface area (Å²) in [4.78, 5) is 15.3. The van der Waals surface area contributed by atoms with Gasteiger partial charge in [-0.05, 0) is 48.1 Å². The molecule has 1 aromatic carbocycles. The molecule has 1 aromatic heterocycles. The van der Waals surface area contributed by atoms with Crippen LogP contribution in [0.15, 0.2) is 47.9 Å². The van der Waals surface area contributed by atoms with Crippen LogP contribution in [0.3, 0.4) is 0 Å². The molecule has 0 bridgehead atoms. The maximum atomic E-state index is 12.9. The van der Waals surface area contributed by atoms with Gasteiger partial charge in [-0.25, -0.2) is 4.39 Å². The van der Waals surface area contributed by atoms with Crippen molar-refractivity contribution in [1.82, 2.24) is 4.90 Å². The summed E-state index contributed by atoms with van der Waals surface area (Å²) in [5.41, 5.74) is 0.959. The van der Waals surface area contributed by atoms with E-state index in [2.05, 4.69) is 0 Å². The number of halogens is 1. The lowest BCUT2D eigenvalue weighted by atomic mass is 10.2. The summed E-state index contributed by atoms with van der Waals surface area (Å²) in [6, 6.07) is 10.6. The highest BCUT2D eigenvalue weighted by atomic mass is 32.1. The maximum Gasteiger partial charge on any atom is 0.247 e. The van der Waals surface area contributed by atoms with Gasteiger partial charge in [0.25, 0.3) is 0 Å². The third-order valence-electron chi connectivity index (χ3n) is 3.47. The Labute approximate surface area is 127 Å². The molecule has 0 unspecified atom stereocenters. The average molecular weight is 301 g/mol. The minimum atomic E-state index is -0.249. The van der Waals surface area contributed by atoms with Gasteiger partial charge < -0.3 is 4.90 Å². The molecule has 1 fully saturated rings. The van der Waals surface area contributed by atoms with E-state index in [0.29, 0.717) is 12.6 Å². The first-order valence-corrected chi connectivity index (χ1v) is 7.87. The zero-order valence-electron chi connectivity index (χ0n) is 11.5. The van der Waals surface area contributed by atoms with Gasteiger partial charge >= 0.3 is 0 Å². The molecule has 1 amide bonds. The second-order valence-corrected chi connectivity index (χ2v) is 6.15. The number of nitrogens with zero attached hydrogens (tertiary/aromatic N) is 1. The molecule has 2 aromatic rings. The number of amides is 1. The molecule has 108 valence electrons. The zero-order chi connectivity index (χ0) is 14.7. The Morgan fingerprint density at radius 3 is 2.67 bits per heavy atom. The molecule has 1 aliphatic carbocycles. The van der Waals surface area contributed by atoms with Gasteiger partial charge in [-0.1, -0.05) is 18.2 Å². The van der Waals surface area contributed by atoms with Gasteiger partial charge in [0.15, 0.2) is 0 Å². The van der Waals surface area contributed by atoms with Crippen LogP contribution < -0.4 is 0 Å². The molecule has 4 heteroatoms. The zero-order valence-corrected chi connectivity index (χ0v) is 12.4. The summed E-state index contributed by atoms with van der Waals surface area (Å²) in [6.07, 6.45) is 5.60. The van der Waals surface area contributed by atoms with Crippen LogP contribution in [0.25, 0.3) is 6.08 Å². The Bertz CT molecular complexity index is 629. The Balaban J connectivity index is 1.69. The van der Waals surface area contributed by atoms with Crippen LogP contribution >= 0.6 is 11.3 Å². The van der Waals surface area contributed by atoms with Gasteiger partial charge in [-0.15, -0.1) is 11.3 Å². The fourth-order valence-corrected chi connectivity index (χ4v) is 2.81. The minimum absolute atomic E-state index is 0.0234. The average Bonchev–Trinajstić information content (AvgIpc) is 3.19. The molecule has 0 aliphatic heterocycles. The summed E-state index contributed by atoms with van der Waals surface area (Å²) >= 11 is 1.61. The lowest BCUT2D eigenvalue weighted by Crippen LogP contribution is -2.31. The third-order valence-corrected chi connectivity index (χ3v) is 4.31. The molecule has 0 N–H and O–H groups in total. The molecule has 0 saturated heterocycles. The summed E-state index contributed by atoms with van der Waals surface area (Å²) in [5.74, 6) is -0.226. The van der Waals surface area contributed by atoms with Gasteiger partial charge in [0, 0.05) is 23.5 Å². The van der Waals surface area contributed by atoms with E-state index in [1.165, 1.54) is 12.1 Å². The molecule has 21 heavy (non-hydrogen) atoms. The number of thiophene rings is 1. The molecule has 0 radical (unpaired) electrons. The van der Waals surface area contributed by atoms with E-state index in [0.717, 1.165) is 23.3 Å². The SMILES string of the molecule is O=C(C=Cc1cccs1)N(Cc1ccc(F)cc1)C1CC1. The van der Waals surface area contributed by atoms with Crippen molar-refractivity contribution in [2.75, 3.05) is 0 Å². The highest BCUT2D eigenvalue weighted by molar-refractivity contribution is 7.10. The van der Waals surface area contributed by atoms with Crippen LogP contribution in [0.1, 0.15) is 23.3 Å². The third kappa shape index (κ3) is 3.79. The largest absolute Gasteiger partial charge is 0.332 e. The predicted octanol–water partition coefficient (Wildman–Crippen LogP) is 4.09. The monoisotopic (exact) mass is 301 g/mol. The molecular weight excluding hydrogens is 285 g/mol. The van der Waals surface area contributed by atoms with E-state index in [1.54, 1.807) is 29.5 Å². The molecule has 3 rings (SSSR count). The van der Waals surface area contributed by atoms with Gasteiger partial charge in [-0.3, -0.25) is 4.79 Å². The number of carbonyl (C=O) groups is 1. The second kappa shape index (κ2) is 6.22. The Morgan fingerprint density at radius 1 is 1.29 bits per heavy atom. The topological polar surface area (TPSA) is 20.3 Å². The summed E-state index contributed by atoms with van der Waals surface area (Å²) in [7, 11) is 0. The van der Waals surface area contributed by atoms with Gasteiger partial charge in [0.2, 0.25) is 5.91 Å². The van der Waals surface area contributed by atoms with E-state index in [9.17, 15) is 9.18 Å². The van der Waals surface area contributed by atoms with Gasteiger partial charge in [-0.2, -0.15) is 0 Å². The number of hydrogen-bond donors (Lipinski definition) is 0. The summed E-state index contributed by atoms with van der Waals surface area (Å²) in [6.45, 7) is 0.540. The molecule has 0 spiro atoms. The molecule has 1 aliphatic rings. The first kappa shape index (κ1) is 14.0. The summed E-state index contributed by atoms with van der Waals surface area (Å²) < 4.78 is 12.9.